The summed E-state index contributed by atoms with van der Waals surface area (Å²) in [5.74, 6) is 0. The Labute approximate surface area is 67.2 Å². The van der Waals surface area contributed by atoms with E-state index in [9.17, 15) is 0 Å². The van der Waals surface area contributed by atoms with Crippen LogP contribution in [0.5, 0.6) is 0 Å². The quantitative estimate of drug-likeness (QED) is 0.631. The van der Waals surface area contributed by atoms with Gasteiger partial charge < -0.3 is 0 Å². The minimum atomic E-state index is -3.29. The number of nitrogens with zero attached hydrogens (tertiary/aromatic N) is 1. The normalized spacial score (nSPS) is 8.50. The van der Waals surface area contributed by atoms with E-state index in [4.69, 9.17) is 40.9 Å². The van der Waals surface area contributed by atoms with Crippen LogP contribution in [0.4, 0.5) is 0 Å². The van der Waals surface area contributed by atoms with Gasteiger partial charge in [0.2, 0.25) is 0 Å². The molecule has 0 N–H and O–H groups in total. The van der Waals surface area contributed by atoms with Crippen molar-refractivity contribution in [1.29, 1.82) is 5.26 Å². The van der Waals surface area contributed by atoms with Gasteiger partial charge >= 0.3 is 49.6 Å². The Morgan fingerprint density at radius 2 is 1.25 bits per heavy atom. The Bertz CT molecular complexity index is 75.0. The summed E-state index contributed by atoms with van der Waals surface area (Å²) in [6, 6.07) is 1.75. The van der Waals surface area contributed by atoms with Crippen molar-refractivity contribution in [2.75, 3.05) is 0 Å². The van der Waals surface area contributed by atoms with Crippen molar-refractivity contribution < 1.29 is 0 Å². The van der Waals surface area contributed by atoms with Crippen LogP contribution in [0.25, 0.3) is 0 Å². The van der Waals surface area contributed by atoms with Crippen LogP contribution in [-0.2, 0) is 0 Å². The molecule has 0 fully saturated rings. The number of hydrogen-bond donors (Lipinski definition) is 0. The van der Waals surface area contributed by atoms with E-state index in [1.165, 1.54) is 6.92 Å². The topological polar surface area (TPSA) is 23.8 Å². The standard InChI is InChI=1S/C2H3N.4ClH.Sn/c1-2-3;;;;;/h1H3;4*1H;/q;;;;;+4/p-4. The Morgan fingerprint density at radius 3 is 1.25 bits per heavy atom. The second-order valence-corrected chi connectivity index (χ2v) is 26.1. The zero-order valence-electron chi connectivity index (χ0n) is 3.96. The van der Waals surface area contributed by atoms with Crippen LogP contribution >= 0.6 is 35.7 Å². The molecule has 6 heteroatoms. The van der Waals surface area contributed by atoms with Crippen molar-refractivity contribution in [3.05, 3.63) is 0 Å². The predicted molar refractivity (Wildman–Crippen MR) is 40.5 cm³/mol. The molecule has 0 saturated carbocycles. The molecule has 0 rings (SSSR count). The van der Waals surface area contributed by atoms with Crippen molar-refractivity contribution in [3.8, 4) is 6.07 Å². The molecular formula is C2H3Cl4NSn. The number of rotatable bonds is 0. The molecule has 0 aliphatic heterocycles. The van der Waals surface area contributed by atoms with Crippen LogP contribution in [0.2, 0.25) is 0 Å². The average molecular weight is 302 g/mol. The molecule has 0 aromatic carbocycles. The summed E-state index contributed by atoms with van der Waals surface area (Å²) in [4.78, 5) is 0. The summed E-state index contributed by atoms with van der Waals surface area (Å²) >= 11 is -3.29. The summed E-state index contributed by atoms with van der Waals surface area (Å²) < 4.78 is 0. The van der Waals surface area contributed by atoms with Gasteiger partial charge in [-0.1, -0.05) is 0 Å². The molecule has 0 amide bonds. The third-order valence-corrected chi connectivity index (χ3v) is 0. The van der Waals surface area contributed by atoms with Gasteiger partial charge in [-0.05, 0) is 0 Å². The van der Waals surface area contributed by atoms with Crippen LogP contribution < -0.4 is 0 Å². The van der Waals surface area contributed by atoms with Crippen molar-refractivity contribution >= 4 is 49.6 Å². The maximum atomic E-state index is 7.32. The molecule has 0 aliphatic carbocycles. The summed E-state index contributed by atoms with van der Waals surface area (Å²) in [6.07, 6.45) is 0. The summed E-state index contributed by atoms with van der Waals surface area (Å²) in [5, 5.41) is 7.32. The van der Waals surface area contributed by atoms with E-state index < -0.39 is 13.9 Å². The van der Waals surface area contributed by atoms with Gasteiger partial charge in [-0.2, -0.15) is 5.26 Å². The number of nitriles is 1. The van der Waals surface area contributed by atoms with E-state index in [2.05, 4.69) is 0 Å². The third kappa shape index (κ3) is 148. The fraction of sp³-hybridized carbons (Fsp3) is 0.500. The van der Waals surface area contributed by atoms with Gasteiger partial charge in [-0.3, -0.25) is 0 Å². The molecule has 48 valence electrons. The van der Waals surface area contributed by atoms with E-state index in [1.54, 1.807) is 6.07 Å². The molecule has 0 saturated heterocycles. The molecule has 1 nitrogen and oxygen atoms in total. The van der Waals surface area contributed by atoms with E-state index in [-0.39, 0.29) is 0 Å². The van der Waals surface area contributed by atoms with Crippen LogP contribution in [-0.4, -0.2) is 13.9 Å². The number of hydrogen-bond acceptors (Lipinski definition) is 1. The maximum absolute atomic E-state index is 7.32. The van der Waals surface area contributed by atoms with Gasteiger partial charge in [0.25, 0.3) is 0 Å². The van der Waals surface area contributed by atoms with Crippen LogP contribution in [0.3, 0.4) is 0 Å². The number of halogens is 4. The molecule has 0 unspecified atom stereocenters. The summed E-state index contributed by atoms with van der Waals surface area (Å²) in [5.41, 5.74) is 0. The van der Waals surface area contributed by atoms with Crippen LogP contribution in [0.15, 0.2) is 0 Å². The van der Waals surface area contributed by atoms with Gasteiger partial charge in [-0.25, -0.2) is 0 Å². The first-order valence-electron chi connectivity index (χ1n) is 1.48. The zero-order valence-corrected chi connectivity index (χ0v) is 9.84. The first-order valence-corrected chi connectivity index (χ1v) is 15.9. The molecule has 0 aliphatic rings. The van der Waals surface area contributed by atoms with Crippen molar-refractivity contribution in [2.24, 2.45) is 0 Å². The summed E-state index contributed by atoms with van der Waals surface area (Å²) in [7, 11) is 20.1. The molecule has 0 atom stereocenters. The molecule has 0 heterocycles. The first kappa shape index (κ1) is 12.2. The molecule has 0 aromatic rings. The second-order valence-electron chi connectivity index (χ2n) is 0.652. The zero-order chi connectivity index (χ0) is 7.21. The van der Waals surface area contributed by atoms with Crippen molar-refractivity contribution in [1.82, 2.24) is 0 Å². The van der Waals surface area contributed by atoms with Gasteiger partial charge in [0, 0.05) is 6.92 Å². The first-order chi connectivity index (χ1) is 3.41. The molecule has 0 aromatic heterocycles. The Balaban J connectivity index is 0. The van der Waals surface area contributed by atoms with Crippen molar-refractivity contribution in [3.63, 3.8) is 0 Å². The Morgan fingerprint density at radius 1 is 1.25 bits per heavy atom. The Hall–Kier alpha value is 1.45. The van der Waals surface area contributed by atoms with E-state index in [1.807, 2.05) is 0 Å². The average Bonchev–Trinajstić information content (AvgIpc) is 1.27. The predicted octanol–water partition coefficient (Wildman–Crippen LogP) is 2.91. The van der Waals surface area contributed by atoms with Gasteiger partial charge in [0.15, 0.2) is 0 Å². The van der Waals surface area contributed by atoms with Crippen molar-refractivity contribution in [2.45, 2.75) is 6.92 Å². The van der Waals surface area contributed by atoms with E-state index in [0.29, 0.717) is 0 Å². The fourth-order valence-electron chi connectivity index (χ4n) is 0. The Kier molecular flexibility index (Phi) is 9.98. The van der Waals surface area contributed by atoms with Gasteiger partial charge in [0.1, 0.15) is 0 Å². The summed E-state index contributed by atoms with van der Waals surface area (Å²) in [6.45, 7) is 1.43. The van der Waals surface area contributed by atoms with Crippen LogP contribution in [0, 0.1) is 11.3 Å². The molecule has 8 heavy (non-hydrogen) atoms. The third-order valence-electron chi connectivity index (χ3n) is 0. The second kappa shape index (κ2) is 6.57. The van der Waals surface area contributed by atoms with E-state index in [0.717, 1.165) is 0 Å². The molecular weight excluding hydrogens is 299 g/mol. The van der Waals surface area contributed by atoms with Crippen LogP contribution in [0.1, 0.15) is 6.92 Å². The fourth-order valence-corrected chi connectivity index (χ4v) is 0. The molecule has 0 bridgehead atoms. The SMILES string of the molecule is CC#N.[Cl][Sn]([Cl])([Cl])[Cl]. The molecule has 0 radical (unpaired) electrons. The van der Waals surface area contributed by atoms with Gasteiger partial charge in [0.05, 0.1) is 6.07 Å². The van der Waals surface area contributed by atoms with E-state index >= 15 is 0 Å². The molecule has 0 spiro atoms. The monoisotopic (exact) mass is 301 g/mol. The van der Waals surface area contributed by atoms with Gasteiger partial charge in [-0.15, -0.1) is 0 Å². The minimum absolute atomic E-state index is 1.43.